The van der Waals surface area contributed by atoms with Crippen LogP contribution in [0.1, 0.15) is 30.4 Å². The third-order valence-electron chi connectivity index (χ3n) is 4.02. The summed E-state index contributed by atoms with van der Waals surface area (Å²) in [4.78, 5) is 0. The lowest BCUT2D eigenvalue weighted by atomic mass is 10.0. The molecule has 21 heavy (non-hydrogen) atoms. The molecule has 1 N–H and O–H groups in total. The van der Waals surface area contributed by atoms with Crippen LogP contribution in [-0.4, -0.2) is 18.8 Å². The number of hydrogen-bond donors (Lipinski definition) is 1. The largest absolute Gasteiger partial charge is 0.417 e. The lowest BCUT2D eigenvalue weighted by Gasteiger charge is -2.21. The zero-order valence-corrected chi connectivity index (χ0v) is 11.3. The maximum absolute atomic E-state index is 12.9. The van der Waals surface area contributed by atoms with Crippen molar-refractivity contribution in [1.82, 2.24) is 0 Å². The molecule has 0 amide bonds. The second-order valence-electron chi connectivity index (χ2n) is 5.58. The van der Waals surface area contributed by atoms with Gasteiger partial charge in [-0.25, -0.2) is 0 Å². The fourth-order valence-corrected chi connectivity index (χ4v) is 2.84. The Balaban J connectivity index is 1.81. The number of hydrogen-bond acceptors (Lipinski definition) is 3. The predicted octanol–water partition coefficient (Wildman–Crippen LogP) is 3.56. The van der Waals surface area contributed by atoms with Crippen molar-refractivity contribution in [3.8, 4) is 6.07 Å². The molecule has 1 saturated heterocycles. The topological polar surface area (TPSA) is 45.0 Å². The van der Waals surface area contributed by atoms with Gasteiger partial charge in [-0.15, -0.1) is 0 Å². The number of ether oxygens (including phenoxy) is 1. The molecule has 2 aliphatic rings. The Morgan fingerprint density at radius 2 is 2.00 bits per heavy atom. The number of nitrogens with zero attached hydrogens (tertiary/aromatic N) is 1. The summed E-state index contributed by atoms with van der Waals surface area (Å²) in [5, 5.41) is 11.9. The van der Waals surface area contributed by atoms with Gasteiger partial charge in [0.25, 0.3) is 0 Å². The van der Waals surface area contributed by atoms with Crippen LogP contribution in [0.2, 0.25) is 0 Å². The minimum atomic E-state index is -4.52. The average Bonchev–Trinajstić information content (AvgIpc) is 3.18. The Kier molecular flexibility index (Phi) is 3.54. The van der Waals surface area contributed by atoms with Crippen molar-refractivity contribution in [3.63, 3.8) is 0 Å². The summed E-state index contributed by atoms with van der Waals surface area (Å²) in [5.41, 5.74) is -0.853. The van der Waals surface area contributed by atoms with E-state index in [4.69, 9.17) is 10.00 Å². The molecule has 3 rings (SSSR count). The monoisotopic (exact) mass is 296 g/mol. The molecule has 6 heteroatoms. The van der Waals surface area contributed by atoms with Gasteiger partial charge in [0.1, 0.15) is 0 Å². The van der Waals surface area contributed by atoms with Crippen LogP contribution in [0, 0.1) is 17.2 Å². The minimum Gasteiger partial charge on any atom is -0.380 e. The zero-order chi connectivity index (χ0) is 15.0. The van der Waals surface area contributed by atoms with E-state index >= 15 is 0 Å². The summed E-state index contributed by atoms with van der Waals surface area (Å²) in [6.07, 6.45) is -1.38. The van der Waals surface area contributed by atoms with E-state index in [0.29, 0.717) is 18.2 Å². The standard InChI is InChI=1S/C15H15F3N2O/c16-15(17,18)12-7-11(4-3-10(12)8-19)20-13-5-6-21-14(13)9-1-2-9/h3-4,7,9,13-14,20H,1-2,5-6H2. The molecule has 1 aliphatic carbocycles. The fraction of sp³-hybridized carbons (Fsp3) is 0.533. The first-order valence-electron chi connectivity index (χ1n) is 6.98. The third kappa shape index (κ3) is 2.98. The van der Waals surface area contributed by atoms with E-state index in [2.05, 4.69) is 5.32 Å². The van der Waals surface area contributed by atoms with Crippen LogP contribution < -0.4 is 5.32 Å². The first kappa shape index (κ1) is 14.2. The van der Waals surface area contributed by atoms with Crippen molar-refractivity contribution >= 4 is 5.69 Å². The van der Waals surface area contributed by atoms with Gasteiger partial charge in [-0.1, -0.05) is 0 Å². The smallest absolute Gasteiger partial charge is 0.380 e. The van der Waals surface area contributed by atoms with Gasteiger partial charge >= 0.3 is 6.18 Å². The Hall–Kier alpha value is -1.74. The molecule has 3 nitrogen and oxygen atoms in total. The van der Waals surface area contributed by atoms with E-state index in [0.717, 1.165) is 25.3 Å². The SMILES string of the molecule is N#Cc1ccc(NC2CCOC2C2CC2)cc1C(F)(F)F. The lowest BCUT2D eigenvalue weighted by molar-refractivity contribution is -0.137. The number of rotatable bonds is 3. The molecule has 2 atom stereocenters. The molecule has 0 radical (unpaired) electrons. The molecular weight excluding hydrogens is 281 g/mol. The van der Waals surface area contributed by atoms with Crippen LogP contribution in [0.3, 0.4) is 0 Å². The van der Waals surface area contributed by atoms with Crippen LogP contribution >= 0.6 is 0 Å². The molecule has 1 heterocycles. The van der Waals surface area contributed by atoms with Gasteiger partial charge in [0.15, 0.2) is 0 Å². The zero-order valence-electron chi connectivity index (χ0n) is 11.3. The minimum absolute atomic E-state index is 0.0477. The van der Waals surface area contributed by atoms with Crippen molar-refractivity contribution in [3.05, 3.63) is 29.3 Å². The van der Waals surface area contributed by atoms with Crippen LogP contribution in [0.4, 0.5) is 18.9 Å². The van der Waals surface area contributed by atoms with Gasteiger partial charge in [0, 0.05) is 12.3 Å². The molecule has 0 aromatic heterocycles. The Morgan fingerprint density at radius 3 is 2.62 bits per heavy atom. The average molecular weight is 296 g/mol. The Morgan fingerprint density at radius 1 is 1.24 bits per heavy atom. The van der Waals surface area contributed by atoms with Crippen molar-refractivity contribution < 1.29 is 17.9 Å². The van der Waals surface area contributed by atoms with Crippen molar-refractivity contribution in [2.45, 2.75) is 37.6 Å². The van der Waals surface area contributed by atoms with Crippen LogP contribution in [0.5, 0.6) is 0 Å². The lowest BCUT2D eigenvalue weighted by Crippen LogP contribution is -2.31. The summed E-state index contributed by atoms with van der Waals surface area (Å²) in [6.45, 7) is 0.640. The summed E-state index contributed by atoms with van der Waals surface area (Å²) >= 11 is 0. The molecule has 0 bridgehead atoms. The summed E-state index contributed by atoms with van der Waals surface area (Å²) in [6, 6.07) is 5.39. The van der Waals surface area contributed by atoms with Gasteiger partial charge in [-0.2, -0.15) is 18.4 Å². The molecule has 1 aliphatic heterocycles. The normalized spacial score (nSPS) is 25.6. The number of nitriles is 1. The van der Waals surface area contributed by atoms with Gasteiger partial charge in [0.2, 0.25) is 0 Å². The maximum atomic E-state index is 12.9. The van der Waals surface area contributed by atoms with E-state index in [1.807, 2.05) is 0 Å². The summed E-state index contributed by atoms with van der Waals surface area (Å²) in [7, 11) is 0. The number of anilines is 1. The van der Waals surface area contributed by atoms with Gasteiger partial charge < -0.3 is 10.1 Å². The molecule has 2 unspecified atom stereocenters. The molecule has 2 fully saturated rings. The van der Waals surface area contributed by atoms with E-state index in [9.17, 15) is 13.2 Å². The summed E-state index contributed by atoms with van der Waals surface area (Å²) < 4.78 is 44.5. The van der Waals surface area contributed by atoms with E-state index in [1.54, 1.807) is 6.07 Å². The number of nitrogens with one attached hydrogen (secondary N) is 1. The molecule has 0 spiro atoms. The first-order chi connectivity index (χ1) is 9.99. The van der Waals surface area contributed by atoms with Crippen LogP contribution in [0.15, 0.2) is 18.2 Å². The molecular formula is C15H15F3N2O. The second-order valence-corrected chi connectivity index (χ2v) is 5.58. The molecule has 1 aromatic carbocycles. The first-order valence-corrected chi connectivity index (χ1v) is 6.98. The quantitative estimate of drug-likeness (QED) is 0.927. The highest BCUT2D eigenvalue weighted by Crippen LogP contribution is 2.40. The highest BCUT2D eigenvalue weighted by molar-refractivity contribution is 5.53. The Bertz CT molecular complexity index is 575. The molecule has 1 saturated carbocycles. The van der Waals surface area contributed by atoms with Crippen molar-refractivity contribution in [2.24, 2.45) is 5.92 Å². The number of halogens is 3. The number of alkyl halides is 3. The van der Waals surface area contributed by atoms with Crippen molar-refractivity contribution in [1.29, 1.82) is 5.26 Å². The summed E-state index contributed by atoms with van der Waals surface area (Å²) in [5.74, 6) is 0.533. The Labute approximate surface area is 120 Å². The van der Waals surface area contributed by atoms with E-state index in [1.165, 1.54) is 12.1 Å². The fourth-order valence-electron chi connectivity index (χ4n) is 2.84. The predicted molar refractivity (Wildman–Crippen MR) is 70.7 cm³/mol. The van der Waals surface area contributed by atoms with Gasteiger partial charge in [-0.05, 0) is 43.4 Å². The van der Waals surface area contributed by atoms with Crippen LogP contribution in [-0.2, 0) is 10.9 Å². The molecule has 112 valence electrons. The third-order valence-corrected chi connectivity index (χ3v) is 4.02. The van der Waals surface area contributed by atoms with Crippen molar-refractivity contribution in [2.75, 3.05) is 11.9 Å². The second kappa shape index (κ2) is 5.23. The molecule has 1 aromatic rings. The highest BCUT2D eigenvalue weighted by atomic mass is 19.4. The van der Waals surface area contributed by atoms with E-state index in [-0.39, 0.29) is 17.7 Å². The van der Waals surface area contributed by atoms with Crippen LogP contribution in [0.25, 0.3) is 0 Å². The van der Waals surface area contributed by atoms with Gasteiger partial charge in [0.05, 0.1) is 29.3 Å². The highest BCUT2D eigenvalue weighted by Gasteiger charge is 2.41. The maximum Gasteiger partial charge on any atom is 0.417 e. The number of benzene rings is 1. The van der Waals surface area contributed by atoms with E-state index < -0.39 is 11.7 Å². The van der Waals surface area contributed by atoms with Gasteiger partial charge in [-0.3, -0.25) is 0 Å².